The zero-order valence-corrected chi connectivity index (χ0v) is 11.0. The molecule has 0 spiro atoms. The van der Waals surface area contributed by atoms with Gasteiger partial charge in [-0.1, -0.05) is 13.8 Å². The highest BCUT2D eigenvalue weighted by molar-refractivity contribution is 7.19. The molecule has 0 fully saturated rings. The third kappa shape index (κ3) is 2.58. The van der Waals surface area contributed by atoms with Crippen LogP contribution in [0.3, 0.4) is 0 Å². The quantitative estimate of drug-likeness (QED) is 0.697. The van der Waals surface area contributed by atoms with E-state index in [1.54, 1.807) is 13.8 Å². The van der Waals surface area contributed by atoms with Gasteiger partial charge in [0, 0.05) is 12.5 Å². The predicted octanol–water partition coefficient (Wildman–Crippen LogP) is 1.70. The average molecular weight is 255 g/mol. The normalized spacial score (nSPS) is 10.6. The topological polar surface area (TPSA) is 98.2 Å². The molecule has 1 rings (SSSR count). The Labute approximate surface area is 104 Å². The number of hydrogen-bond donors (Lipinski definition) is 3. The molecule has 0 aliphatic rings. The lowest BCUT2D eigenvalue weighted by molar-refractivity contribution is 0.0944. The standard InChI is InChI=1S/C11H17N3O2S/c1-4-14-11-6(10(13)16)7(12)9(17-11)8(15)5(2)3/h5,14H,4,12H2,1-3H3,(H2,13,16). The van der Waals surface area contributed by atoms with Gasteiger partial charge in [0.05, 0.1) is 16.1 Å². The molecule has 0 aliphatic heterocycles. The van der Waals surface area contributed by atoms with E-state index in [1.807, 2.05) is 6.92 Å². The van der Waals surface area contributed by atoms with Crippen molar-refractivity contribution in [1.29, 1.82) is 0 Å². The Morgan fingerprint density at radius 1 is 1.41 bits per heavy atom. The minimum absolute atomic E-state index is 0.0702. The Morgan fingerprint density at radius 2 is 2.00 bits per heavy atom. The fourth-order valence-corrected chi connectivity index (χ4v) is 2.70. The smallest absolute Gasteiger partial charge is 0.253 e. The summed E-state index contributed by atoms with van der Waals surface area (Å²) in [4.78, 5) is 23.6. The minimum atomic E-state index is -0.613. The molecule has 6 heteroatoms. The third-order valence-corrected chi connectivity index (χ3v) is 3.45. The predicted molar refractivity (Wildman–Crippen MR) is 70.6 cm³/mol. The number of rotatable bonds is 5. The van der Waals surface area contributed by atoms with Crippen LogP contribution in [0.4, 0.5) is 10.7 Å². The van der Waals surface area contributed by atoms with Crippen LogP contribution in [-0.2, 0) is 0 Å². The molecule has 5 N–H and O–H groups in total. The Bertz CT molecular complexity index is 452. The lowest BCUT2D eigenvalue weighted by atomic mass is 10.1. The van der Waals surface area contributed by atoms with Crippen LogP contribution in [0, 0.1) is 5.92 Å². The van der Waals surface area contributed by atoms with Gasteiger partial charge in [-0.05, 0) is 6.92 Å². The second-order valence-electron chi connectivity index (χ2n) is 3.96. The highest BCUT2D eigenvalue weighted by Crippen LogP contribution is 2.36. The highest BCUT2D eigenvalue weighted by atomic mass is 32.1. The van der Waals surface area contributed by atoms with Crippen LogP contribution >= 0.6 is 11.3 Å². The van der Waals surface area contributed by atoms with E-state index in [2.05, 4.69) is 5.32 Å². The summed E-state index contributed by atoms with van der Waals surface area (Å²) in [5, 5.41) is 3.57. The maximum atomic E-state index is 11.9. The number of carbonyl (C=O) groups is 2. The molecule has 5 nitrogen and oxygen atoms in total. The summed E-state index contributed by atoms with van der Waals surface area (Å²) in [6.45, 7) is 6.11. The zero-order valence-electron chi connectivity index (χ0n) is 10.2. The summed E-state index contributed by atoms with van der Waals surface area (Å²) >= 11 is 1.19. The highest BCUT2D eigenvalue weighted by Gasteiger charge is 2.24. The average Bonchev–Trinajstić information content (AvgIpc) is 2.54. The number of ketones is 1. The largest absolute Gasteiger partial charge is 0.397 e. The van der Waals surface area contributed by atoms with Crippen LogP contribution in [0.25, 0.3) is 0 Å². The molecule has 1 amide bonds. The van der Waals surface area contributed by atoms with E-state index in [4.69, 9.17) is 11.5 Å². The van der Waals surface area contributed by atoms with E-state index in [1.165, 1.54) is 11.3 Å². The van der Waals surface area contributed by atoms with Gasteiger partial charge in [-0.3, -0.25) is 9.59 Å². The molecule has 0 atom stereocenters. The lowest BCUT2D eigenvalue weighted by Crippen LogP contribution is -2.15. The van der Waals surface area contributed by atoms with Crippen molar-refractivity contribution >= 4 is 33.7 Å². The van der Waals surface area contributed by atoms with Gasteiger partial charge in [-0.15, -0.1) is 11.3 Å². The summed E-state index contributed by atoms with van der Waals surface area (Å²) < 4.78 is 0. The Hall–Kier alpha value is -1.56. The van der Waals surface area contributed by atoms with E-state index >= 15 is 0 Å². The summed E-state index contributed by atoms with van der Waals surface area (Å²) in [7, 11) is 0. The molecule has 17 heavy (non-hydrogen) atoms. The fourth-order valence-electron chi connectivity index (χ4n) is 1.42. The van der Waals surface area contributed by atoms with Crippen LogP contribution < -0.4 is 16.8 Å². The van der Waals surface area contributed by atoms with Gasteiger partial charge in [-0.25, -0.2) is 0 Å². The van der Waals surface area contributed by atoms with E-state index in [0.717, 1.165) is 0 Å². The number of carbonyl (C=O) groups excluding carboxylic acids is 2. The second kappa shape index (κ2) is 5.18. The molecular weight excluding hydrogens is 238 g/mol. The van der Waals surface area contributed by atoms with Crippen LogP contribution in [-0.4, -0.2) is 18.2 Å². The van der Waals surface area contributed by atoms with Gasteiger partial charge in [-0.2, -0.15) is 0 Å². The maximum absolute atomic E-state index is 11.9. The van der Waals surface area contributed by atoms with Gasteiger partial charge in [0.25, 0.3) is 5.91 Å². The van der Waals surface area contributed by atoms with Crippen LogP contribution in [0.2, 0.25) is 0 Å². The maximum Gasteiger partial charge on any atom is 0.253 e. The van der Waals surface area contributed by atoms with Crippen molar-refractivity contribution in [2.45, 2.75) is 20.8 Å². The van der Waals surface area contributed by atoms with Crippen molar-refractivity contribution < 1.29 is 9.59 Å². The second-order valence-corrected chi connectivity index (χ2v) is 4.98. The van der Waals surface area contributed by atoms with Gasteiger partial charge < -0.3 is 16.8 Å². The monoisotopic (exact) mass is 255 g/mol. The molecule has 0 radical (unpaired) electrons. The molecule has 0 bridgehead atoms. The first-order chi connectivity index (χ1) is 7.90. The van der Waals surface area contributed by atoms with Crippen LogP contribution in [0.5, 0.6) is 0 Å². The van der Waals surface area contributed by atoms with E-state index < -0.39 is 5.91 Å². The number of hydrogen-bond acceptors (Lipinski definition) is 5. The summed E-state index contributed by atoms with van der Waals surface area (Å²) in [5.74, 6) is -0.845. The van der Waals surface area contributed by atoms with Crippen molar-refractivity contribution in [2.24, 2.45) is 11.7 Å². The van der Waals surface area contributed by atoms with Crippen molar-refractivity contribution in [3.63, 3.8) is 0 Å². The molecule has 1 aromatic rings. The van der Waals surface area contributed by atoms with Crippen LogP contribution in [0.15, 0.2) is 0 Å². The number of thiophene rings is 1. The Balaban J connectivity index is 3.31. The summed E-state index contributed by atoms with van der Waals surface area (Å²) in [6, 6.07) is 0. The van der Waals surface area contributed by atoms with E-state index in [9.17, 15) is 9.59 Å². The number of nitrogen functional groups attached to an aromatic ring is 1. The molecule has 1 aromatic heterocycles. The first kappa shape index (κ1) is 13.5. The van der Waals surface area contributed by atoms with E-state index in [-0.39, 0.29) is 23.0 Å². The fraction of sp³-hybridized carbons (Fsp3) is 0.455. The van der Waals surface area contributed by atoms with Crippen molar-refractivity contribution in [2.75, 3.05) is 17.6 Å². The zero-order chi connectivity index (χ0) is 13.2. The molecule has 0 aliphatic carbocycles. The first-order valence-electron chi connectivity index (χ1n) is 5.40. The number of nitrogens with one attached hydrogen (secondary N) is 1. The number of nitrogens with two attached hydrogens (primary N) is 2. The molecule has 1 heterocycles. The van der Waals surface area contributed by atoms with E-state index in [0.29, 0.717) is 16.4 Å². The first-order valence-corrected chi connectivity index (χ1v) is 6.21. The number of Topliss-reactive ketones (excluding diaryl/α,β-unsaturated/α-hetero) is 1. The van der Waals surface area contributed by atoms with Crippen molar-refractivity contribution in [3.05, 3.63) is 10.4 Å². The summed E-state index contributed by atoms with van der Waals surface area (Å²) in [5.41, 5.74) is 11.5. The number of anilines is 2. The molecule has 0 saturated heterocycles. The summed E-state index contributed by atoms with van der Waals surface area (Å²) in [6.07, 6.45) is 0. The van der Waals surface area contributed by atoms with Crippen molar-refractivity contribution in [3.8, 4) is 0 Å². The molecule has 94 valence electrons. The lowest BCUT2D eigenvalue weighted by Gasteiger charge is -2.02. The van der Waals surface area contributed by atoms with Gasteiger partial charge in [0.1, 0.15) is 5.00 Å². The Kier molecular flexibility index (Phi) is 4.11. The van der Waals surface area contributed by atoms with Crippen LogP contribution in [0.1, 0.15) is 40.8 Å². The number of primary amides is 1. The van der Waals surface area contributed by atoms with Gasteiger partial charge in [0.15, 0.2) is 5.78 Å². The van der Waals surface area contributed by atoms with Gasteiger partial charge >= 0.3 is 0 Å². The molecule has 0 saturated carbocycles. The molecule has 0 unspecified atom stereocenters. The molecular formula is C11H17N3O2S. The van der Waals surface area contributed by atoms with Gasteiger partial charge in [0.2, 0.25) is 0 Å². The van der Waals surface area contributed by atoms with Crippen molar-refractivity contribution in [1.82, 2.24) is 0 Å². The molecule has 0 aromatic carbocycles. The SMILES string of the molecule is CCNc1sc(C(=O)C(C)C)c(N)c1C(N)=O. The third-order valence-electron chi connectivity index (χ3n) is 2.28. The Morgan fingerprint density at radius 3 is 2.41 bits per heavy atom. The minimum Gasteiger partial charge on any atom is -0.397 e. The number of amides is 1.